The molecule has 1 aromatic carbocycles. The van der Waals surface area contributed by atoms with E-state index >= 15 is 0 Å². The summed E-state index contributed by atoms with van der Waals surface area (Å²) >= 11 is 0. The molecule has 1 aliphatic carbocycles. The van der Waals surface area contributed by atoms with Crippen LogP contribution in [0, 0.1) is 5.92 Å². The molecular weight excluding hydrogens is 314 g/mol. The van der Waals surface area contributed by atoms with E-state index in [2.05, 4.69) is 18.0 Å². The van der Waals surface area contributed by atoms with E-state index in [-0.39, 0.29) is 5.92 Å². The summed E-state index contributed by atoms with van der Waals surface area (Å²) in [6.45, 7) is 0.294. The van der Waals surface area contributed by atoms with Gasteiger partial charge in [-0.3, -0.25) is 4.90 Å². The van der Waals surface area contributed by atoms with Crippen LogP contribution in [0.3, 0.4) is 0 Å². The second-order valence-corrected chi connectivity index (χ2v) is 7.76. The van der Waals surface area contributed by atoms with Crippen LogP contribution in [0.4, 0.5) is 0 Å². The first kappa shape index (κ1) is 16.8. The number of ether oxygens (including phenoxy) is 1. The number of likely N-dealkylation sites (N-methyl/N-ethyl adjacent to an activating group) is 1. The lowest BCUT2D eigenvalue weighted by atomic mass is 9.69. The van der Waals surface area contributed by atoms with E-state index in [0.717, 1.165) is 32.1 Å². The highest BCUT2D eigenvalue weighted by molar-refractivity contribution is 5.82. The standard InChI is InChI=1S/C21H27NO3/c1-22-18-11-10-15(19(22)13-12-18)14-25-20(23)21(24,17-8-5-9-17)16-6-3-2-4-7-16/h2-4,6-7,10,17-19,24H,5,8-9,11-14H2,1H3. The first-order valence-electron chi connectivity index (χ1n) is 9.46. The molecule has 3 aliphatic rings. The Labute approximate surface area is 149 Å². The van der Waals surface area contributed by atoms with Crippen LogP contribution in [0.25, 0.3) is 0 Å². The van der Waals surface area contributed by atoms with Gasteiger partial charge >= 0.3 is 5.97 Å². The molecular formula is C21H27NO3. The number of esters is 1. The van der Waals surface area contributed by atoms with Crippen molar-refractivity contribution in [3.63, 3.8) is 0 Å². The maximum absolute atomic E-state index is 12.9. The van der Waals surface area contributed by atoms with E-state index in [1.54, 1.807) is 0 Å². The van der Waals surface area contributed by atoms with Crippen LogP contribution in [0.2, 0.25) is 0 Å². The fourth-order valence-electron chi connectivity index (χ4n) is 4.62. The number of carbonyl (C=O) groups is 1. The lowest BCUT2D eigenvalue weighted by Crippen LogP contribution is -2.47. The average molecular weight is 341 g/mol. The van der Waals surface area contributed by atoms with Gasteiger partial charge in [-0.15, -0.1) is 0 Å². The molecule has 2 heterocycles. The fourth-order valence-corrected chi connectivity index (χ4v) is 4.62. The minimum absolute atomic E-state index is 0.0405. The minimum atomic E-state index is -1.52. The van der Waals surface area contributed by atoms with Crippen molar-refractivity contribution in [1.82, 2.24) is 4.90 Å². The van der Waals surface area contributed by atoms with Crippen LogP contribution < -0.4 is 0 Å². The summed E-state index contributed by atoms with van der Waals surface area (Å²) in [5.74, 6) is -0.534. The zero-order valence-electron chi connectivity index (χ0n) is 14.9. The van der Waals surface area contributed by atoms with Gasteiger partial charge in [0, 0.05) is 18.0 Å². The molecule has 2 bridgehead atoms. The summed E-state index contributed by atoms with van der Waals surface area (Å²) in [5, 5.41) is 11.3. The minimum Gasteiger partial charge on any atom is -0.459 e. The van der Waals surface area contributed by atoms with Crippen LogP contribution in [0.1, 0.15) is 44.1 Å². The third kappa shape index (κ3) is 2.81. The highest BCUT2D eigenvalue weighted by atomic mass is 16.5. The topological polar surface area (TPSA) is 49.8 Å². The molecule has 134 valence electrons. The Bertz CT molecular complexity index is 667. The van der Waals surface area contributed by atoms with Crippen molar-refractivity contribution < 1.29 is 14.6 Å². The molecule has 25 heavy (non-hydrogen) atoms. The van der Waals surface area contributed by atoms with Crippen LogP contribution >= 0.6 is 0 Å². The van der Waals surface area contributed by atoms with Crippen molar-refractivity contribution in [2.45, 2.75) is 56.2 Å². The Balaban J connectivity index is 1.49. The maximum atomic E-state index is 12.9. The van der Waals surface area contributed by atoms with E-state index in [9.17, 15) is 9.90 Å². The molecule has 4 heteroatoms. The van der Waals surface area contributed by atoms with E-state index in [1.165, 1.54) is 12.0 Å². The van der Waals surface area contributed by atoms with E-state index in [1.807, 2.05) is 30.3 Å². The largest absolute Gasteiger partial charge is 0.459 e. The highest BCUT2D eigenvalue weighted by Crippen LogP contribution is 2.43. The van der Waals surface area contributed by atoms with Crippen molar-refractivity contribution >= 4 is 5.97 Å². The average Bonchev–Trinajstić information content (AvgIpc) is 2.81. The van der Waals surface area contributed by atoms with Gasteiger partial charge in [0.1, 0.15) is 6.61 Å². The van der Waals surface area contributed by atoms with Crippen molar-refractivity contribution in [2.24, 2.45) is 5.92 Å². The maximum Gasteiger partial charge on any atom is 0.343 e. The fraction of sp³-hybridized carbons (Fsp3) is 0.571. The van der Waals surface area contributed by atoms with Crippen LogP contribution in [-0.4, -0.2) is 41.7 Å². The lowest BCUT2D eigenvalue weighted by molar-refractivity contribution is -0.177. The molecule has 4 rings (SSSR count). The van der Waals surface area contributed by atoms with E-state index in [0.29, 0.717) is 24.3 Å². The van der Waals surface area contributed by atoms with Crippen LogP contribution in [-0.2, 0) is 15.1 Å². The van der Waals surface area contributed by atoms with Gasteiger partial charge in [0.15, 0.2) is 5.60 Å². The number of benzene rings is 1. The van der Waals surface area contributed by atoms with Crippen molar-refractivity contribution in [2.75, 3.05) is 13.7 Å². The Kier molecular flexibility index (Phi) is 4.42. The summed E-state index contributed by atoms with van der Waals surface area (Å²) in [7, 11) is 2.16. The molecule has 0 aromatic heterocycles. The summed E-state index contributed by atoms with van der Waals surface area (Å²) in [4.78, 5) is 15.3. The molecule has 0 spiro atoms. The molecule has 2 aliphatic heterocycles. The quantitative estimate of drug-likeness (QED) is 0.661. The number of hydrogen-bond acceptors (Lipinski definition) is 4. The Morgan fingerprint density at radius 3 is 2.68 bits per heavy atom. The van der Waals surface area contributed by atoms with Gasteiger partial charge in [-0.2, -0.15) is 0 Å². The van der Waals surface area contributed by atoms with Gasteiger partial charge in [0.2, 0.25) is 0 Å². The van der Waals surface area contributed by atoms with Crippen LogP contribution in [0.5, 0.6) is 0 Å². The monoisotopic (exact) mass is 341 g/mol. The summed E-state index contributed by atoms with van der Waals surface area (Å²) < 4.78 is 5.67. The van der Waals surface area contributed by atoms with Crippen molar-refractivity contribution in [3.8, 4) is 0 Å². The molecule has 0 amide bonds. The Morgan fingerprint density at radius 1 is 1.24 bits per heavy atom. The molecule has 1 saturated carbocycles. The van der Waals surface area contributed by atoms with Crippen molar-refractivity contribution in [1.29, 1.82) is 0 Å². The molecule has 2 fully saturated rings. The third-order valence-corrected chi connectivity index (χ3v) is 6.51. The number of rotatable bonds is 5. The molecule has 3 unspecified atom stereocenters. The van der Waals surface area contributed by atoms with Gasteiger partial charge in [0.25, 0.3) is 0 Å². The summed E-state index contributed by atoms with van der Waals surface area (Å²) in [5.41, 5.74) is 0.327. The van der Waals surface area contributed by atoms with Gasteiger partial charge in [0.05, 0.1) is 0 Å². The zero-order chi connectivity index (χ0) is 17.4. The van der Waals surface area contributed by atoms with Crippen molar-refractivity contribution in [3.05, 3.63) is 47.5 Å². The van der Waals surface area contributed by atoms with Gasteiger partial charge in [-0.25, -0.2) is 4.79 Å². The number of nitrogens with zero attached hydrogens (tertiary/aromatic N) is 1. The van der Waals surface area contributed by atoms with Gasteiger partial charge in [-0.05, 0) is 50.3 Å². The normalized spacial score (nSPS) is 28.8. The first-order chi connectivity index (χ1) is 12.1. The Hall–Kier alpha value is -1.65. The zero-order valence-corrected chi connectivity index (χ0v) is 14.9. The lowest BCUT2D eigenvalue weighted by Gasteiger charge is -2.40. The second kappa shape index (κ2) is 6.58. The molecule has 1 saturated heterocycles. The Morgan fingerprint density at radius 2 is 2.00 bits per heavy atom. The van der Waals surface area contributed by atoms with Crippen LogP contribution in [0.15, 0.2) is 42.0 Å². The molecule has 3 atom stereocenters. The van der Waals surface area contributed by atoms with E-state index in [4.69, 9.17) is 4.74 Å². The SMILES string of the molecule is CN1C2CC=C(COC(=O)C(O)(c3ccccc3)C3CCC3)C1CC2. The smallest absolute Gasteiger partial charge is 0.343 e. The number of aliphatic hydroxyl groups is 1. The number of fused-ring (bicyclic) bond motifs is 2. The van der Waals surface area contributed by atoms with Gasteiger partial charge < -0.3 is 9.84 Å². The first-order valence-corrected chi connectivity index (χ1v) is 9.46. The molecule has 1 N–H and O–H groups in total. The predicted molar refractivity (Wildman–Crippen MR) is 95.9 cm³/mol. The van der Waals surface area contributed by atoms with Gasteiger partial charge in [-0.1, -0.05) is 42.8 Å². The third-order valence-electron chi connectivity index (χ3n) is 6.51. The van der Waals surface area contributed by atoms with E-state index < -0.39 is 11.6 Å². The highest BCUT2D eigenvalue weighted by Gasteiger charge is 2.49. The number of hydrogen-bond donors (Lipinski definition) is 1. The predicted octanol–water partition coefficient (Wildman–Crippen LogP) is 3.01. The molecule has 1 aromatic rings. The molecule has 4 nitrogen and oxygen atoms in total. The second-order valence-electron chi connectivity index (χ2n) is 7.76. The molecule has 0 radical (unpaired) electrons. The number of carbonyl (C=O) groups excluding carboxylic acids is 1. The summed E-state index contributed by atoms with van der Waals surface area (Å²) in [6, 6.07) is 10.3. The summed E-state index contributed by atoms with van der Waals surface area (Å²) in [6.07, 6.45) is 8.42.